The lowest BCUT2D eigenvalue weighted by Gasteiger charge is -2.28. The zero-order valence-corrected chi connectivity index (χ0v) is 20.3. The number of halogens is 1. The van der Waals surface area contributed by atoms with Gasteiger partial charge in [0.2, 0.25) is 5.95 Å². The van der Waals surface area contributed by atoms with Crippen molar-refractivity contribution in [3.8, 4) is 17.3 Å². The number of benzene rings is 2. The van der Waals surface area contributed by atoms with Crippen LogP contribution in [0.25, 0.3) is 22.2 Å². The second-order valence-electron chi connectivity index (χ2n) is 8.56. The Hall–Kier alpha value is -3.45. The van der Waals surface area contributed by atoms with Gasteiger partial charge in [0.05, 0.1) is 27.9 Å². The first kappa shape index (κ1) is 23.3. The van der Waals surface area contributed by atoms with Crippen LogP contribution in [0.2, 0.25) is 0 Å². The largest absolute Gasteiger partial charge is 0.351 e. The van der Waals surface area contributed by atoms with E-state index in [1.807, 2.05) is 12.1 Å². The van der Waals surface area contributed by atoms with Crippen LogP contribution < -0.4 is 10.2 Å². The summed E-state index contributed by atoms with van der Waals surface area (Å²) in [5, 5.41) is 13.8. The standard InChI is InChI=1S/C25H23ClN6O2S/c26-31-19-8-6-7-18(13-19)29-25-28-15-17(14-27)24(30-25)22-16-32(23-12-5-4-11-21(22)23)35(33,34)20-9-2-1-3-10-20/h1-5,9-12,15-16,18-19,31H,6-8,13H2,(H,28,29,30)/t18-,19+/m1/s1. The molecule has 5 rings (SSSR count). The predicted molar refractivity (Wildman–Crippen MR) is 135 cm³/mol. The highest BCUT2D eigenvalue weighted by molar-refractivity contribution is 7.90. The average molecular weight is 507 g/mol. The summed E-state index contributed by atoms with van der Waals surface area (Å²) in [4.78, 5) is 12.0. The van der Waals surface area contributed by atoms with Gasteiger partial charge in [0.25, 0.3) is 10.0 Å². The van der Waals surface area contributed by atoms with Gasteiger partial charge >= 0.3 is 0 Å². The first-order valence-electron chi connectivity index (χ1n) is 11.3. The van der Waals surface area contributed by atoms with E-state index in [4.69, 9.17) is 11.8 Å². The molecule has 178 valence electrons. The summed E-state index contributed by atoms with van der Waals surface area (Å²) in [5.41, 5.74) is 1.70. The molecule has 0 unspecified atom stereocenters. The van der Waals surface area contributed by atoms with Crippen molar-refractivity contribution in [2.45, 2.75) is 42.7 Å². The second kappa shape index (κ2) is 9.66. The lowest BCUT2D eigenvalue weighted by atomic mass is 9.92. The molecule has 0 amide bonds. The SMILES string of the molecule is N#Cc1cnc(N[C@@H]2CCC[C@H](NCl)C2)nc1-c1cn(S(=O)(=O)c2ccccc2)c2ccccc12. The minimum absolute atomic E-state index is 0.139. The van der Waals surface area contributed by atoms with Crippen LogP contribution in [0.3, 0.4) is 0 Å². The summed E-state index contributed by atoms with van der Waals surface area (Å²) in [6.07, 6.45) is 6.84. The number of para-hydroxylation sites is 1. The van der Waals surface area contributed by atoms with Crippen molar-refractivity contribution < 1.29 is 8.42 Å². The molecule has 2 aromatic carbocycles. The van der Waals surface area contributed by atoms with Crippen LogP contribution in [0.15, 0.2) is 71.9 Å². The van der Waals surface area contributed by atoms with E-state index in [-0.39, 0.29) is 22.5 Å². The number of hydrogen-bond donors (Lipinski definition) is 2. The quantitative estimate of drug-likeness (QED) is 0.365. The zero-order valence-electron chi connectivity index (χ0n) is 18.7. The van der Waals surface area contributed by atoms with Crippen LogP contribution in [0.4, 0.5) is 5.95 Å². The summed E-state index contributed by atoms with van der Waals surface area (Å²) >= 11 is 5.84. The fourth-order valence-electron chi connectivity index (χ4n) is 4.58. The van der Waals surface area contributed by atoms with Gasteiger partial charge in [0.1, 0.15) is 6.07 Å². The van der Waals surface area contributed by atoms with Crippen LogP contribution in [-0.4, -0.2) is 34.4 Å². The highest BCUT2D eigenvalue weighted by Crippen LogP contribution is 2.34. The molecule has 8 nitrogen and oxygen atoms in total. The Morgan fingerprint density at radius 2 is 1.80 bits per heavy atom. The summed E-state index contributed by atoms with van der Waals surface area (Å²) in [6.45, 7) is 0. The third-order valence-electron chi connectivity index (χ3n) is 6.30. The van der Waals surface area contributed by atoms with Gasteiger partial charge in [0, 0.05) is 29.2 Å². The molecule has 2 aromatic heterocycles. The molecule has 4 aromatic rings. The minimum atomic E-state index is -3.86. The van der Waals surface area contributed by atoms with Crippen molar-refractivity contribution in [3.63, 3.8) is 0 Å². The molecule has 0 radical (unpaired) electrons. The first-order valence-corrected chi connectivity index (χ1v) is 13.1. The molecule has 2 atom stereocenters. The molecule has 1 aliphatic rings. The van der Waals surface area contributed by atoms with Gasteiger partial charge in [-0.1, -0.05) is 36.4 Å². The van der Waals surface area contributed by atoms with Gasteiger partial charge in [-0.15, -0.1) is 0 Å². The van der Waals surface area contributed by atoms with Gasteiger partial charge in [-0.25, -0.2) is 27.2 Å². The third-order valence-corrected chi connectivity index (χ3v) is 8.30. The van der Waals surface area contributed by atoms with Crippen molar-refractivity contribution >= 4 is 38.7 Å². The average Bonchev–Trinajstić information content (AvgIpc) is 3.30. The number of hydrogen-bond acceptors (Lipinski definition) is 7. The molecular weight excluding hydrogens is 484 g/mol. The predicted octanol–water partition coefficient (Wildman–Crippen LogP) is 4.67. The first-order chi connectivity index (χ1) is 17.0. The van der Waals surface area contributed by atoms with Gasteiger partial charge in [-0.3, -0.25) is 0 Å². The van der Waals surface area contributed by atoms with E-state index in [9.17, 15) is 13.7 Å². The zero-order chi connectivity index (χ0) is 24.4. The highest BCUT2D eigenvalue weighted by Gasteiger charge is 2.25. The maximum Gasteiger partial charge on any atom is 0.268 e. The molecule has 1 saturated carbocycles. The molecule has 0 saturated heterocycles. The Balaban J connectivity index is 1.60. The maximum atomic E-state index is 13.5. The fraction of sp³-hybridized carbons (Fsp3) is 0.240. The van der Waals surface area contributed by atoms with E-state index in [1.54, 1.807) is 42.5 Å². The maximum absolute atomic E-state index is 13.5. The summed E-state index contributed by atoms with van der Waals surface area (Å²) in [6, 6.07) is 17.9. The van der Waals surface area contributed by atoms with E-state index < -0.39 is 10.0 Å². The van der Waals surface area contributed by atoms with Gasteiger partial charge in [-0.05, 0) is 55.7 Å². The number of rotatable bonds is 6. The van der Waals surface area contributed by atoms with Crippen LogP contribution in [0.5, 0.6) is 0 Å². The molecular formula is C25H23ClN6O2S. The van der Waals surface area contributed by atoms with Crippen LogP contribution >= 0.6 is 11.8 Å². The van der Waals surface area contributed by atoms with E-state index in [1.165, 1.54) is 16.4 Å². The van der Waals surface area contributed by atoms with Crippen molar-refractivity contribution in [2.75, 3.05) is 5.32 Å². The van der Waals surface area contributed by atoms with Crippen LogP contribution in [-0.2, 0) is 10.0 Å². The number of anilines is 1. The van der Waals surface area contributed by atoms with E-state index >= 15 is 0 Å². The summed E-state index contributed by atoms with van der Waals surface area (Å²) < 4.78 is 28.2. The van der Waals surface area contributed by atoms with Crippen molar-refractivity contribution in [2.24, 2.45) is 0 Å². The van der Waals surface area contributed by atoms with Gasteiger partial charge < -0.3 is 5.32 Å². The molecule has 0 bridgehead atoms. The van der Waals surface area contributed by atoms with Crippen molar-refractivity contribution in [1.82, 2.24) is 18.8 Å². The van der Waals surface area contributed by atoms with Crippen LogP contribution in [0.1, 0.15) is 31.2 Å². The third kappa shape index (κ3) is 4.48. The molecule has 1 fully saturated rings. The lowest BCUT2D eigenvalue weighted by Crippen LogP contribution is -2.35. The van der Waals surface area contributed by atoms with Crippen molar-refractivity contribution in [1.29, 1.82) is 5.26 Å². The molecule has 2 heterocycles. The normalized spacial score (nSPS) is 18.3. The topological polar surface area (TPSA) is 113 Å². The van der Waals surface area contributed by atoms with Crippen LogP contribution in [0, 0.1) is 11.3 Å². The highest BCUT2D eigenvalue weighted by atomic mass is 35.5. The lowest BCUT2D eigenvalue weighted by molar-refractivity contribution is 0.390. The Morgan fingerprint density at radius 3 is 2.57 bits per heavy atom. The number of nitrogens with one attached hydrogen (secondary N) is 2. The Bertz CT molecular complexity index is 1510. The van der Waals surface area contributed by atoms with E-state index in [2.05, 4.69) is 26.2 Å². The molecule has 0 spiro atoms. The van der Waals surface area contributed by atoms with Gasteiger partial charge in [0.15, 0.2) is 0 Å². The number of fused-ring (bicyclic) bond motifs is 1. The van der Waals surface area contributed by atoms with E-state index in [0.717, 1.165) is 25.7 Å². The molecule has 10 heteroatoms. The molecule has 0 aliphatic heterocycles. The minimum Gasteiger partial charge on any atom is -0.351 e. The van der Waals surface area contributed by atoms with E-state index in [0.29, 0.717) is 28.1 Å². The number of aromatic nitrogens is 3. The summed E-state index contributed by atoms with van der Waals surface area (Å²) in [5.74, 6) is 0.391. The number of nitrogens with zero attached hydrogens (tertiary/aromatic N) is 4. The number of nitriles is 1. The molecule has 1 aliphatic carbocycles. The monoisotopic (exact) mass is 506 g/mol. The Kier molecular flexibility index (Phi) is 6.43. The fourth-order valence-corrected chi connectivity index (χ4v) is 6.17. The van der Waals surface area contributed by atoms with Gasteiger partial charge in [-0.2, -0.15) is 5.26 Å². The molecule has 35 heavy (non-hydrogen) atoms. The molecule has 2 N–H and O–H groups in total. The smallest absolute Gasteiger partial charge is 0.268 e. The van der Waals surface area contributed by atoms with Crippen molar-refractivity contribution in [3.05, 3.63) is 72.6 Å². The Morgan fingerprint density at radius 1 is 1.06 bits per heavy atom. The second-order valence-corrected chi connectivity index (χ2v) is 10.6. The summed E-state index contributed by atoms with van der Waals surface area (Å²) in [7, 11) is -3.86. The Labute approximate surface area is 208 Å².